The van der Waals surface area contributed by atoms with E-state index in [1.165, 1.54) is 6.07 Å². The quantitative estimate of drug-likeness (QED) is 0.692. The molecule has 0 atom stereocenters. The molecule has 0 saturated carbocycles. The van der Waals surface area contributed by atoms with Gasteiger partial charge < -0.3 is 14.6 Å². The Bertz CT molecular complexity index is 587. The summed E-state index contributed by atoms with van der Waals surface area (Å²) >= 11 is 0. The van der Waals surface area contributed by atoms with Gasteiger partial charge in [-0.25, -0.2) is 4.98 Å². The maximum absolute atomic E-state index is 9.10. The van der Waals surface area contributed by atoms with Gasteiger partial charge >= 0.3 is 7.12 Å². The van der Waals surface area contributed by atoms with E-state index in [2.05, 4.69) is 4.98 Å². The van der Waals surface area contributed by atoms with Crippen LogP contribution in [0.2, 0.25) is 0 Å². The number of rotatable bonds is 2. The summed E-state index contributed by atoms with van der Waals surface area (Å²) in [6, 6.07) is 6.78. The molecule has 2 aromatic rings. The molecule has 1 aromatic heterocycles. The Morgan fingerprint density at radius 1 is 1.41 bits per heavy atom. The zero-order chi connectivity index (χ0) is 12.4. The Balaban J connectivity index is 2.54. The summed E-state index contributed by atoms with van der Waals surface area (Å²) in [4.78, 5) is 4.09. The van der Waals surface area contributed by atoms with Gasteiger partial charge in [-0.1, -0.05) is 6.07 Å². The first kappa shape index (κ1) is 11.4. The third-order valence-electron chi connectivity index (χ3n) is 2.54. The van der Waals surface area contributed by atoms with Gasteiger partial charge in [-0.05, 0) is 24.5 Å². The van der Waals surface area contributed by atoms with Crippen LogP contribution in [0.3, 0.4) is 0 Å². The van der Waals surface area contributed by atoms with Gasteiger partial charge in [0.1, 0.15) is 5.82 Å². The number of nitriles is 1. The van der Waals surface area contributed by atoms with Crippen molar-refractivity contribution in [3.63, 3.8) is 0 Å². The summed E-state index contributed by atoms with van der Waals surface area (Å²) in [7, 11) is -1.64. The topological polar surface area (TPSA) is 82.1 Å². The second kappa shape index (κ2) is 4.41. The van der Waals surface area contributed by atoms with E-state index >= 15 is 0 Å². The first-order valence-electron chi connectivity index (χ1n) is 5.04. The molecular weight excluding hydrogens is 217 g/mol. The van der Waals surface area contributed by atoms with E-state index in [1.807, 2.05) is 17.6 Å². The molecule has 6 heteroatoms. The molecule has 1 heterocycles. The van der Waals surface area contributed by atoms with E-state index in [0.717, 1.165) is 11.5 Å². The van der Waals surface area contributed by atoms with Crippen LogP contribution < -0.4 is 5.46 Å². The molecule has 0 aliphatic rings. The molecule has 0 fully saturated rings. The van der Waals surface area contributed by atoms with Crippen LogP contribution in [0.1, 0.15) is 11.4 Å². The van der Waals surface area contributed by atoms with Crippen molar-refractivity contribution >= 4 is 12.6 Å². The number of hydrogen-bond donors (Lipinski definition) is 2. The molecule has 0 aliphatic heterocycles. The summed E-state index contributed by atoms with van der Waals surface area (Å²) < 4.78 is 1.81. The van der Waals surface area contributed by atoms with E-state index in [-0.39, 0.29) is 11.0 Å². The Kier molecular flexibility index (Phi) is 2.96. The molecule has 2 rings (SSSR count). The summed E-state index contributed by atoms with van der Waals surface area (Å²) in [5, 5.41) is 27.2. The van der Waals surface area contributed by atoms with Gasteiger partial charge in [0.05, 0.1) is 11.6 Å². The van der Waals surface area contributed by atoms with Crippen LogP contribution in [-0.2, 0) is 0 Å². The monoisotopic (exact) mass is 227 g/mol. The lowest BCUT2D eigenvalue weighted by molar-refractivity contribution is 0.425. The van der Waals surface area contributed by atoms with Crippen molar-refractivity contribution in [3.8, 4) is 11.8 Å². The van der Waals surface area contributed by atoms with Crippen molar-refractivity contribution in [2.45, 2.75) is 6.92 Å². The molecule has 0 bridgehead atoms. The fraction of sp³-hybridized carbons (Fsp3) is 0.0909. The van der Waals surface area contributed by atoms with Crippen LogP contribution in [0.25, 0.3) is 5.69 Å². The van der Waals surface area contributed by atoms with Gasteiger partial charge in [-0.3, -0.25) is 0 Å². The number of aryl methyl sites for hydroxylation is 1. The fourth-order valence-corrected chi connectivity index (χ4v) is 1.67. The highest BCUT2D eigenvalue weighted by atomic mass is 16.4. The Hall–Kier alpha value is -2.10. The maximum Gasteiger partial charge on any atom is 0.489 e. The Morgan fingerprint density at radius 2 is 2.18 bits per heavy atom. The van der Waals surface area contributed by atoms with Crippen molar-refractivity contribution in [3.05, 3.63) is 42.0 Å². The molecule has 5 nitrogen and oxygen atoms in total. The second-order valence-corrected chi connectivity index (χ2v) is 3.60. The number of imidazole rings is 1. The average Bonchev–Trinajstić information content (AvgIpc) is 2.74. The van der Waals surface area contributed by atoms with Crippen molar-refractivity contribution in [1.82, 2.24) is 9.55 Å². The highest BCUT2D eigenvalue weighted by molar-refractivity contribution is 6.59. The van der Waals surface area contributed by atoms with E-state index in [4.69, 9.17) is 15.3 Å². The predicted octanol–water partition coefficient (Wildman–Crippen LogP) is -0.268. The standard InChI is InChI=1S/C11H10BN3O2/c1-8-14-4-5-15(8)10-2-3-11(12(16)17)9(6-10)7-13/h2-6,16-17H,1H3. The summed E-state index contributed by atoms with van der Waals surface area (Å²) in [5.41, 5.74) is 1.21. The number of benzene rings is 1. The normalized spacial score (nSPS) is 10.0. The molecule has 0 amide bonds. The van der Waals surface area contributed by atoms with Crippen molar-refractivity contribution in [2.24, 2.45) is 0 Å². The molecule has 17 heavy (non-hydrogen) atoms. The van der Waals surface area contributed by atoms with Crippen LogP contribution in [-0.4, -0.2) is 26.7 Å². The predicted molar refractivity (Wildman–Crippen MR) is 62.8 cm³/mol. The van der Waals surface area contributed by atoms with Crippen LogP contribution in [0.5, 0.6) is 0 Å². The van der Waals surface area contributed by atoms with Gasteiger partial charge in [-0.15, -0.1) is 0 Å². The van der Waals surface area contributed by atoms with Gasteiger partial charge in [0.25, 0.3) is 0 Å². The van der Waals surface area contributed by atoms with Gasteiger partial charge in [0.15, 0.2) is 0 Å². The fourth-order valence-electron chi connectivity index (χ4n) is 1.67. The minimum atomic E-state index is -1.64. The van der Waals surface area contributed by atoms with Crippen LogP contribution in [0.15, 0.2) is 30.6 Å². The molecule has 84 valence electrons. The molecule has 1 aromatic carbocycles. The SMILES string of the molecule is Cc1nccn1-c1ccc(B(O)O)c(C#N)c1. The zero-order valence-electron chi connectivity index (χ0n) is 9.20. The lowest BCUT2D eigenvalue weighted by Gasteiger charge is -2.08. The third kappa shape index (κ3) is 2.06. The number of aromatic nitrogens is 2. The molecule has 0 spiro atoms. The molecule has 0 radical (unpaired) electrons. The first-order chi connectivity index (χ1) is 8.13. The molecule has 0 aliphatic carbocycles. The minimum absolute atomic E-state index is 0.203. The highest BCUT2D eigenvalue weighted by Gasteiger charge is 2.16. The molecule has 0 saturated heterocycles. The van der Waals surface area contributed by atoms with Crippen LogP contribution >= 0.6 is 0 Å². The van der Waals surface area contributed by atoms with E-state index in [0.29, 0.717) is 0 Å². The van der Waals surface area contributed by atoms with Gasteiger partial charge in [0.2, 0.25) is 0 Å². The van der Waals surface area contributed by atoms with Crippen LogP contribution in [0, 0.1) is 18.3 Å². The van der Waals surface area contributed by atoms with E-state index < -0.39 is 7.12 Å². The lowest BCUT2D eigenvalue weighted by Crippen LogP contribution is -2.32. The van der Waals surface area contributed by atoms with Crippen molar-refractivity contribution in [1.29, 1.82) is 5.26 Å². The van der Waals surface area contributed by atoms with E-state index in [1.54, 1.807) is 24.5 Å². The summed E-state index contributed by atoms with van der Waals surface area (Å²) in [6.07, 6.45) is 3.44. The smallest absolute Gasteiger partial charge is 0.423 e. The largest absolute Gasteiger partial charge is 0.489 e. The Morgan fingerprint density at radius 3 is 2.71 bits per heavy atom. The Labute approximate surface area is 98.7 Å². The maximum atomic E-state index is 9.10. The third-order valence-corrected chi connectivity index (χ3v) is 2.54. The average molecular weight is 227 g/mol. The number of hydrogen-bond acceptors (Lipinski definition) is 4. The van der Waals surface area contributed by atoms with Gasteiger partial charge in [-0.2, -0.15) is 5.26 Å². The molecular formula is C11H10BN3O2. The molecule has 2 N–H and O–H groups in total. The van der Waals surface area contributed by atoms with Crippen molar-refractivity contribution < 1.29 is 10.0 Å². The van der Waals surface area contributed by atoms with Crippen LogP contribution in [0.4, 0.5) is 0 Å². The highest BCUT2D eigenvalue weighted by Crippen LogP contribution is 2.11. The van der Waals surface area contributed by atoms with Gasteiger partial charge in [0, 0.05) is 18.1 Å². The van der Waals surface area contributed by atoms with Crippen molar-refractivity contribution in [2.75, 3.05) is 0 Å². The zero-order valence-corrected chi connectivity index (χ0v) is 9.20. The second-order valence-electron chi connectivity index (χ2n) is 3.60. The minimum Gasteiger partial charge on any atom is -0.423 e. The van der Waals surface area contributed by atoms with E-state index in [9.17, 15) is 0 Å². The molecule has 0 unspecified atom stereocenters. The number of nitrogens with zero attached hydrogens (tertiary/aromatic N) is 3. The summed E-state index contributed by atoms with van der Waals surface area (Å²) in [6.45, 7) is 1.85. The first-order valence-corrected chi connectivity index (χ1v) is 5.04. The lowest BCUT2D eigenvalue weighted by atomic mass is 9.77. The summed E-state index contributed by atoms with van der Waals surface area (Å²) in [5.74, 6) is 0.797.